The lowest BCUT2D eigenvalue weighted by atomic mass is 10.5. The Labute approximate surface area is 71.0 Å². The minimum atomic E-state index is -0.200. The maximum atomic E-state index is 8.66. The largest absolute Gasteiger partial charge is 0.387 e. The molecule has 0 unspecified atom stereocenters. The van der Waals surface area contributed by atoms with Crippen molar-refractivity contribution >= 4 is 5.95 Å². The van der Waals surface area contributed by atoms with Crippen LogP contribution < -0.4 is 4.90 Å². The van der Waals surface area contributed by atoms with E-state index in [0.717, 1.165) is 13.1 Å². The van der Waals surface area contributed by atoms with Crippen molar-refractivity contribution in [3.63, 3.8) is 0 Å². The second kappa shape index (κ2) is 4.06. The van der Waals surface area contributed by atoms with Gasteiger partial charge in [0.05, 0.1) is 0 Å². The lowest BCUT2D eigenvalue weighted by molar-refractivity contribution is 0.222. The molecule has 5 nitrogen and oxygen atoms in total. The van der Waals surface area contributed by atoms with Crippen LogP contribution in [0.1, 0.15) is 19.7 Å². The van der Waals surface area contributed by atoms with E-state index in [0.29, 0.717) is 5.95 Å². The highest BCUT2D eigenvalue weighted by atomic mass is 16.5. The number of rotatable bonds is 4. The zero-order valence-electron chi connectivity index (χ0n) is 7.32. The molecule has 68 valence electrons. The molecule has 1 aromatic rings. The summed E-state index contributed by atoms with van der Waals surface area (Å²) in [6.07, 6.45) is 0. The van der Waals surface area contributed by atoms with Crippen LogP contribution in [0.15, 0.2) is 4.52 Å². The van der Waals surface area contributed by atoms with Gasteiger partial charge in [0.1, 0.15) is 6.61 Å². The van der Waals surface area contributed by atoms with E-state index >= 15 is 0 Å². The molecule has 0 atom stereocenters. The van der Waals surface area contributed by atoms with Gasteiger partial charge in [0.2, 0.25) is 0 Å². The predicted octanol–water partition coefficient (Wildman–Crippen LogP) is 0.408. The number of nitrogens with zero attached hydrogens (tertiary/aromatic N) is 3. The Hall–Kier alpha value is -1.10. The van der Waals surface area contributed by atoms with Gasteiger partial charge in [-0.15, -0.1) is 0 Å². The Morgan fingerprint density at radius 3 is 2.50 bits per heavy atom. The molecule has 0 amide bonds. The van der Waals surface area contributed by atoms with E-state index < -0.39 is 0 Å². The molecule has 5 heteroatoms. The topological polar surface area (TPSA) is 62.4 Å². The van der Waals surface area contributed by atoms with Gasteiger partial charge in [-0.05, 0) is 19.0 Å². The standard InChI is InChI=1S/C7H13N3O2/c1-3-10(4-2)7-8-6(5-11)12-9-7/h11H,3-5H2,1-2H3. The first-order chi connectivity index (χ1) is 5.81. The van der Waals surface area contributed by atoms with Gasteiger partial charge in [-0.25, -0.2) is 0 Å². The van der Waals surface area contributed by atoms with Gasteiger partial charge < -0.3 is 14.5 Å². The van der Waals surface area contributed by atoms with Crippen molar-refractivity contribution in [3.8, 4) is 0 Å². The monoisotopic (exact) mass is 171 g/mol. The summed E-state index contributed by atoms with van der Waals surface area (Å²) < 4.78 is 4.75. The van der Waals surface area contributed by atoms with Crippen molar-refractivity contribution in [3.05, 3.63) is 5.89 Å². The maximum absolute atomic E-state index is 8.66. The summed E-state index contributed by atoms with van der Waals surface area (Å²) in [6.45, 7) is 5.49. The van der Waals surface area contributed by atoms with E-state index in [1.807, 2.05) is 18.7 Å². The molecule has 0 aliphatic rings. The quantitative estimate of drug-likeness (QED) is 0.710. The normalized spacial score (nSPS) is 10.2. The molecule has 0 aliphatic carbocycles. The van der Waals surface area contributed by atoms with Crippen molar-refractivity contribution in [2.75, 3.05) is 18.0 Å². The molecule has 0 bridgehead atoms. The SMILES string of the molecule is CCN(CC)c1noc(CO)n1. The van der Waals surface area contributed by atoms with Crippen molar-refractivity contribution in [2.24, 2.45) is 0 Å². The summed E-state index contributed by atoms with van der Waals surface area (Å²) in [5.74, 6) is 0.806. The van der Waals surface area contributed by atoms with Gasteiger partial charge in [-0.3, -0.25) is 0 Å². The summed E-state index contributed by atoms with van der Waals surface area (Å²) in [5, 5.41) is 12.4. The molecule has 1 N–H and O–H groups in total. The molecule has 0 saturated heterocycles. The summed E-state index contributed by atoms with van der Waals surface area (Å²) in [6, 6.07) is 0. The number of aromatic nitrogens is 2. The third-order valence-electron chi connectivity index (χ3n) is 1.64. The average Bonchev–Trinajstić information content (AvgIpc) is 2.55. The highest BCUT2D eigenvalue weighted by Crippen LogP contribution is 2.07. The van der Waals surface area contributed by atoms with Gasteiger partial charge in [0.15, 0.2) is 0 Å². The van der Waals surface area contributed by atoms with E-state index in [1.54, 1.807) is 0 Å². The van der Waals surface area contributed by atoms with E-state index in [2.05, 4.69) is 10.1 Å². The summed E-state index contributed by atoms with van der Waals surface area (Å²) in [4.78, 5) is 5.92. The van der Waals surface area contributed by atoms with Crippen molar-refractivity contribution in [1.82, 2.24) is 10.1 Å². The van der Waals surface area contributed by atoms with Crippen LogP contribution in [0.4, 0.5) is 5.95 Å². The molecule has 0 fully saturated rings. The van der Waals surface area contributed by atoms with Crippen LogP contribution in [0, 0.1) is 0 Å². The Morgan fingerprint density at radius 1 is 1.42 bits per heavy atom. The van der Waals surface area contributed by atoms with E-state index in [4.69, 9.17) is 9.63 Å². The zero-order chi connectivity index (χ0) is 8.97. The molecule has 0 aliphatic heterocycles. The molecule has 0 radical (unpaired) electrons. The van der Waals surface area contributed by atoms with Crippen LogP contribution in [0.5, 0.6) is 0 Å². The summed E-state index contributed by atoms with van der Waals surface area (Å²) in [7, 11) is 0. The zero-order valence-corrected chi connectivity index (χ0v) is 7.32. The van der Waals surface area contributed by atoms with Crippen molar-refractivity contribution < 1.29 is 9.63 Å². The maximum Gasteiger partial charge on any atom is 0.266 e. The minimum absolute atomic E-state index is 0.200. The van der Waals surface area contributed by atoms with Gasteiger partial charge in [-0.1, -0.05) is 0 Å². The van der Waals surface area contributed by atoms with Crippen LogP contribution in [-0.2, 0) is 6.61 Å². The third kappa shape index (κ3) is 1.73. The fourth-order valence-electron chi connectivity index (χ4n) is 0.945. The minimum Gasteiger partial charge on any atom is -0.387 e. The van der Waals surface area contributed by atoms with Gasteiger partial charge in [0.25, 0.3) is 11.8 Å². The van der Waals surface area contributed by atoms with E-state index in [-0.39, 0.29) is 12.5 Å². The molecule has 0 spiro atoms. The van der Waals surface area contributed by atoms with Crippen LogP contribution in [0.3, 0.4) is 0 Å². The lowest BCUT2D eigenvalue weighted by Gasteiger charge is -2.14. The molecule has 0 saturated carbocycles. The van der Waals surface area contributed by atoms with Crippen molar-refractivity contribution in [1.29, 1.82) is 0 Å². The molecule has 0 aromatic carbocycles. The number of anilines is 1. The number of hydrogen-bond acceptors (Lipinski definition) is 5. The van der Waals surface area contributed by atoms with Gasteiger partial charge in [-0.2, -0.15) is 4.98 Å². The Kier molecular flexibility index (Phi) is 3.04. The first kappa shape index (κ1) is 8.99. The van der Waals surface area contributed by atoms with Gasteiger partial charge in [0, 0.05) is 13.1 Å². The van der Waals surface area contributed by atoms with Crippen LogP contribution >= 0.6 is 0 Å². The summed E-state index contributed by atoms with van der Waals surface area (Å²) in [5.41, 5.74) is 0. The number of aliphatic hydroxyl groups excluding tert-OH is 1. The molecular weight excluding hydrogens is 158 g/mol. The smallest absolute Gasteiger partial charge is 0.266 e. The second-order valence-corrected chi connectivity index (χ2v) is 2.32. The molecule has 1 rings (SSSR count). The second-order valence-electron chi connectivity index (χ2n) is 2.32. The first-order valence-electron chi connectivity index (χ1n) is 4.00. The first-order valence-corrected chi connectivity index (χ1v) is 4.00. The summed E-state index contributed by atoms with van der Waals surface area (Å²) >= 11 is 0. The molecule has 1 heterocycles. The average molecular weight is 171 g/mol. The predicted molar refractivity (Wildman–Crippen MR) is 43.8 cm³/mol. The van der Waals surface area contributed by atoms with Crippen LogP contribution in [-0.4, -0.2) is 28.3 Å². The number of aliphatic hydroxyl groups is 1. The molecule has 1 aromatic heterocycles. The van der Waals surface area contributed by atoms with Crippen molar-refractivity contribution in [2.45, 2.75) is 20.5 Å². The Balaban J connectivity index is 2.72. The van der Waals surface area contributed by atoms with Crippen LogP contribution in [0.25, 0.3) is 0 Å². The van der Waals surface area contributed by atoms with Gasteiger partial charge >= 0.3 is 0 Å². The highest BCUT2D eigenvalue weighted by Gasteiger charge is 2.09. The third-order valence-corrected chi connectivity index (χ3v) is 1.64. The Bertz CT molecular complexity index is 232. The lowest BCUT2D eigenvalue weighted by Crippen LogP contribution is -2.22. The fourth-order valence-corrected chi connectivity index (χ4v) is 0.945. The van der Waals surface area contributed by atoms with Crippen LogP contribution in [0.2, 0.25) is 0 Å². The Morgan fingerprint density at radius 2 is 2.08 bits per heavy atom. The van der Waals surface area contributed by atoms with E-state index in [9.17, 15) is 0 Å². The fraction of sp³-hybridized carbons (Fsp3) is 0.714. The van der Waals surface area contributed by atoms with E-state index in [1.165, 1.54) is 0 Å². The highest BCUT2D eigenvalue weighted by molar-refractivity contribution is 5.26. The molecule has 12 heavy (non-hydrogen) atoms. The number of hydrogen-bond donors (Lipinski definition) is 1. The molecular formula is C7H13N3O2.